The molecule has 8 heteroatoms. The van der Waals surface area contributed by atoms with Crippen LogP contribution < -0.4 is 10.6 Å². The van der Waals surface area contributed by atoms with Crippen LogP contribution in [0.1, 0.15) is 62.0 Å². The average Bonchev–Trinajstić information content (AvgIpc) is 2.82. The first-order valence-corrected chi connectivity index (χ1v) is 13.3. The predicted octanol–water partition coefficient (Wildman–Crippen LogP) is 3.76. The predicted molar refractivity (Wildman–Crippen MR) is 137 cm³/mol. The van der Waals surface area contributed by atoms with Gasteiger partial charge in [0.05, 0.1) is 4.90 Å². The summed E-state index contributed by atoms with van der Waals surface area (Å²) in [6.45, 7) is 12.4. The Bertz CT molecular complexity index is 1170. The van der Waals surface area contributed by atoms with Crippen LogP contribution in [0.5, 0.6) is 0 Å². The fourth-order valence-electron chi connectivity index (χ4n) is 4.22. The highest BCUT2D eigenvalue weighted by Gasteiger charge is 2.34. The number of amides is 2. The number of sulfonamides is 1. The molecule has 1 fully saturated rings. The van der Waals surface area contributed by atoms with E-state index in [2.05, 4.69) is 50.1 Å². The second-order valence-corrected chi connectivity index (χ2v) is 11.9. The van der Waals surface area contributed by atoms with E-state index in [0.717, 1.165) is 5.56 Å². The summed E-state index contributed by atoms with van der Waals surface area (Å²) < 4.78 is 27.8. The quantitative estimate of drug-likeness (QED) is 0.570. The van der Waals surface area contributed by atoms with Gasteiger partial charge in [-0.15, -0.1) is 0 Å². The molecule has 2 amide bonds. The molecule has 0 saturated carbocycles. The molecule has 7 nitrogen and oxygen atoms in total. The first-order valence-electron chi connectivity index (χ1n) is 11.8. The third-order valence-electron chi connectivity index (χ3n) is 6.34. The Labute approximate surface area is 208 Å². The van der Waals surface area contributed by atoms with E-state index in [1.807, 2.05) is 19.1 Å². The van der Waals surface area contributed by atoms with E-state index >= 15 is 0 Å². The fourth-order valence-corrected chi connectivity index (χ4v) is 5.88. The highest BCUT2D eigenvalue weighted by molar-refractivity contribution is 7.89. The summed E-state index contributed by atoms with van der Waals surface area (Å²) in [7, 11) is -3.71. The van der Waals surface area contributed by atoms with Gasteiger partial charge in [-0.1, -0.05) is 51.6 Å². The molecule has 2 aromatic rings. The van der Waals surface area contributed by atoms with Gasteiger partial charge >= 0.3 is 0 Å². The third kappa shape index (κ3) is 6.58. The molecule has 1 aliphatic heterocycles. The molecule has 35 heavy (non-hydrogen) atoms. The van der Waals surface area contributed by atoms with Gasteiger partial charge in [0.25, 0.3) is 5.91 Å². The molecule has 1 aliphatic rings. The fraction of sp³-hybridized carbons (Fsp3) is 0.407. The van der Waals surface area contributed by atoms with Gasteiger partial charge in [-0.25, -0.2) is 8.42 Å². The normalized spacial score (nSPS) is 19.1. The summed E-state index contributed by atoms with van der Waals surface area (Å²) in [5.41, 5.74) is 2.68. The third-order valence-corrected chi connectivity index (χ3v) is 8.37. The Balaban J connectivity index is 1.61. The lowest BCUT2D eigenvalue weighted by Gasteiger charge is -2.36. The van der Waals surface area contributed by atoms with Crippen LogP contribution >= 0.6 is 0 Å². The van der Waals surface area contributed by atoms with Crippen molar-refractivity contribution in [2.75, 3.05) is 6.54 Å². The summed E-state index contributed by atoms with van der Waals surface area (Å²) in [5, 5.41) is 5.73. The average molecular weight is 498 g/mol. The van der Waals surface area contributed by atoms with Crippen molar-refractivity contribution in [1.82, 2.24) is 14.9 Å². The van der Waals surface area contributed by atoms with Crippen LogP contribution in [-0.4, -0.2) is 43.2 Å². The van der Waals surface area contributed by atoms with Gasteiger partial charge in [-0.05, 0) is 66.6 Å². The molecule has 2 N–H and O–H groups in total. The van der Waals surface area contributed by atoms with Crippen molar-refractivity contribution in [1.29, 1.82) is 0 Å². The van der Waals surface area contributed by atoms with E-state index in [0.29, 0.717) is 31.5 Å². The number of rotatable bonds is 7. The van der Waals surface area contributed by atoms with Crippen molar-refractivity contribution in [3.05, 3.63) is 77.9 Å². The maximum Gasteiger partial charge on any atom is 0.251 e. The second kappa shape index (κ2) is 10.7. The van der Waals surface area contributed by atoms with Crippen molar-refractivity contribution < 1.29 is 18.0 Å². The number of hydrogen-bond acceptors (Lipinski definition) is 4. The Morgan fingerprint density at radius 1 is 1.09 bits per heavy atom. The van der Waals surface area contributed by atoms with Gasteiger partial charge in [0.1, 0.15) is 0 Å². The highest BCUT2D eigenvalue weighted by atomic mass is 32.2. The Morgan fingerprint density at radius 3 is 2.26 bits per heavy atom. The van der Waals surface area contributed by atoms with Crippen molar-refractivity contribution in [2.24, 2.45) is 0 Å². The van der Waals surface area contributed by atoms with Crippen LogP contribution in [0.25, 0.3) is 0 Å². The number of nitrogens with one attached hydrogen (secondary N) is 2. The number of piperidine rings is 1. The molecule has 1 saturated heterocycles. The van der Waals surface area contributed by atoms with Crippen molar-refractivity contribution in [3.63, 3.8) is 0 Å². The minimum Gasteiger partial charge on any atom is -0.350 e. The zero-order valence-corrected chi connectivity index (χ0v) is 21.7. The SMILES string of the molecule is C=CC(=O)NC1CCN(S(=O)(=O)c2ccc(C(=O)NCc3ccc(C(C)(C)C)cc3)cc2)C(C)C1. The van der Waals surface area contributed by atoms with Crippen LogP contribution in [0.4, 0.5) is 0 Å². The highest BCUT2D eigenvalue weighted by Crippen LogP contribution is 2.26. The van der Waals surface area contributed by atoms with Crippen molar-refractivity contribution in [3.8, 4) is 0 Å². The summed E-state index contributed by atoms with van der Waals surface area (Å²) in [5.74, 6) is -0.518. The smallest absolute Gasteiger partial charge is 0.251 e. The van der Waals surface area contributed by atoms with Crippen molar-refractivity contribution >= 4 is 21.8 Å². The molecular weight excluding hydrogens is 462 g/mol. The standard InChI is InChI=1S/C27H35N3O4S/c1-6-25(31)29-23-15-16-30(19(2)17-23)35(33,34)24-13-9-21(10-14-24)26(32)28-18-20-7-11-22(12-8-20)27(3,4)5/h6-14,19,23H,1,15-18H2,2-5H3,(H,28,32)(H,29,31). The number of hydrogen-bond donors (Lipinski definition) is 2. The summed E-state index contributed by atoms with van der Waals surface area (Å²) >= 11 is 0. The zero-order chi connectivity index (χ0) is 25.8. The molecule has 0 aromatic heterocycles. The second-order valence-electron chi connectivity index (χ2n) is 10.1. The van der Waals surface area contributed by atoms with E-state index in [1.165, 1.54) is 40.2 Å². The molecule has 0 radical (unpaired) electrons. The Hall–Kier alpha value is -2.97. The van der Waals surface area contributed by atoms with Gasteiger partial charge in [0.2, 0.25) is 15.9 Å². The van der Waals surface area contributed by atoms with Gasteiger partial charge in [-0.3, -0.25) is 9.59 Å². The lowest BCUT2D eigenvalue weighted by atomic mass is 9.87. The van der Waals surface area contributed by atoms with Crippen LogP contribution in [0.15, 0.2) is 66.1 Å². The first kappa shape index (κ1) is 26.6. The molecule has 2 unspecified atom stereocenters. The number of carbonyl (C=O) groups excluding carboxylic acids is 2. The van der Waals surface area contributed by atoms with Gasteiger partial charge < -0.3 is 10.6 Å². The lowest BCUT2D eigenvalue weighted by molar-refractivity contribution is -0.117. The monoisotopic (exact) mass is 497 g/mol. The van der Waals surface area contributed by atoms with Crippen LogP contribution in [-0.2, 0) is 26.8 Å². The van der Waals surface area contributed by atoms with E-state index in [-0.39, 0.29) is 34.2 Å². The molecule has 3 rings (SSSR count). The summed E-state index contributed by atoms with van der Waals surface area (Å²) in [6, 6.07) is 13.8. The number of nitrogens with zero attached hydrogens (tertiary/aromatic N) is 1. The zero-order valence-electron chi connectivity index (χ0n) is 20.9. The Kier molecular flexibility index (Phi) is 8.18. The summed E-state index contributed by atoms with van der Waals surface area (Å²) in [4.78, 5) is 24.3. The van der Waals surface area contributed by atoms with Crippen LogP contribution in [0.2, 0.25) is 0 Å². The van der Waals surface area contributed by atoms with Gasteiger partial charge in [-0.2, -0.15) is 4.31 Å². The molecule has 0 aliphatic carbocycles. The lowest BCUT2D eigenvalue weighted by Crippen LogP contribution is -2.50. The maximum absolute atomic E-state index is 13.2. The largest absolute Gasteiger partial charge is 0.350 e. The topological polar surface area (TPSA) is 95.6 Å². The molecule has 0 spiro atoms. The van der Waals surface area contributed by atoms with E-state index < -0.39 is 10.0 Å². The molecule has 2 aromatic carbocycles. The maximum atomic E-state index is 13.2. The van der Waals surface area contributed by atoms with Gasteiger partial charge in [0.15, 0.2) is 0 Å². The number of benzene rings is 2. The van der Waals surface area contributed by atoms with Crippen LogP contribution in [0, 0.1) is 0 Å². The molecule has 0 bridgehead atoms. The molecule has 2 atom stereocenters. The first-order chi connectivity index (χ1) is 16.4. The minimum absolute atomic E-state index is 0.0685. The van der Waals surface area contributed by atoms with E-state index in [9.17, 15) is 18.0 Å². The van der Waals surface area contributed by atoms with Crippen molar-refractivity contribution in [2.45, 2.75) is 69.5 Å². The van der Waals surface area contributed by atoms with E-state index in [1.54, 1.807) is 0 Å². The van der Waals surface area contributed by atoms with Crippen LogP contribution in [0.3, 0.4) is 0 Å². The molecular formula is C27H35N3O4S. The molecule has 188 valence electrons. The Morgan fingerprint density at radius 2 is 1.71 bits per heavy atom. The van der Waals surface area contributed by atoms with Gasteiger partial charge in [0, 0.05) is 30.7 Å². The summed E-state index contributed by atoms with van der Waals surface area (Å²) in [6.07, 6.45) is 2.27. The number of carbonyl (C=O) groups is 2. The minimum atomic E-state index is -3.71. The van der Waals surface area contributed by atoms with E-state index in [4.69, 9.17) is 0 Å². The molecule has 1 heterocycles.